The van der Waals surface area contributed by atoms with Crippen molar-refractivity contribution in [3.63, 3.8) is 0 Å². The molecule has 0 spiro atoms. The van der Waals surface area contributed by atoms with Crippen LogP contribution >= 0.6 is 0 Å². The van der Waals surface area contributed by atoms with Gasteiger partial charge in [0.15, 0.2) is 0 Å². The molecule has 3 nitrogen and oxygen atoms in total. The van der Waals surface area contributed by atoms with Crippen molar-refractivity contribution in [1.29, 1.82) is 0 Å². The zero-order chi connectivity index (χ0) is 9.97. The van der Waals surface area contributed by atoms with Crippen LogP contribution in [0.2, 0.25) is 0 Å². The number of carboxylic acid groups (broad SMARTS) is 1. The van der Waals surface area contributed by atoms with Gasteiger partial charge in [-0.05, 0) is 24.0 Å². The number of aryl methyl sites for hydroxylation is 1. The van der Waals surface area contributed by atoms with Crippen molar-refractivity contribution in [3.05, 3.63) is 35.4 Å². The van der Waals surface area contributed by atoms with Crippen molar-refractivity contribution < 1.29 is 9.90 Å². The average Bonchev–Trinajstić information content (AvgIpc) is 2.58. The summed E-state index contributed by atoms with van der Waals surface area (Å²) < 4.78 is 0. The fourth-order valence-electron chi connectivity index (χ4n) is 1.98. The number of carbonyl (C=O) groups is 1. The summed E-state index contributed by atoms with van der Waals surface area (Å²) in [5, 5.41) is 11.6. The molecule has 1 aromatic rings. The van der Waals surface area contributed by atoms with Crippen molar-refractivity contribution >= 4 is 35.5 Å². The van der Waals surface area contributed by atoms with Gasteiger partial charge in [0.25, 0.3) is 0 Å². The van der Waals surface area contributed by atoms with Crippen LogP contribution in [0.4, 0.5) is 0 Å². The van der Waals surface area contributed by atoms with Crippen LogP contribution in [0.5, 0.6) is 0 Å². The maximum atomic E-state index is 10.4. The second kappa shape index (κ2) is 5.66. The van der Waals surface area contributed by atoms with Gasteiger partial charge in [-0.3, -0.25) is 4.79 Å². The first kappa shape index (κ1) is 12.7. The van der Waals surface area contributed by atoms with E-state index < -0.39 is 5.97 Å². The van der Waals surface area contributed by atoms with Gasteiger partial charge in [0, 0.05) is 6.04 Å². The van der Waals surface area contributed by atoms with Crippen LogP contribution in [-0.4, -0.2) is 47.2 Å². The molecule has 0 saturated heterocycles. The zero-order valence-corrected chi connectivity index (χ0v) is 7.86. The van der Waals surface area contributed by atoms with Gasteiger partial charge in [-0.25, -0.2) is 0 Å². The van der Waals surface area contributed by atoms with Crippen LogP contribution in [-0.2, 0) is 11.2 Å². The number of hydrogen-bond acceptors (Lipinski definition) is 2. The first-order chi connectivity index (χ1) is 6.77. The first-order valence-electron chi connectivity index (χ1n) is 4.80. The molecule has 76 valence electrons. The minimum atomic E-state index is -0.797. The standard InChI is InChI=1S/C11H13NO2.Na.H/c13-11(14)7-12-10-6-5-8-3-1-2-4-9(8)10;;/h1-4,10,12H,5-7H2,(H,13,14);;. The molecule has 0 aromatic heterocycles. The Kier molecular flexibility index (Phi) is 4.80. The van der Waals surface area contributed by atoms with Gasteiger partial charge in [-0.2, -0.15) is 0 Å². The minimum absolute atomic E-state index is 0. The van der Waals surface area contributed by atoms with E-state index >= 15 is 0 Å². The van der Waals surface area contributed by atoms with Gasteiger partial charge in [0.05, 0.1) is 6.54 Å². The number of fused-ring (bicyclic) bond motifs is 1. The van der Waals surface area contributed by atoms with E-state index in [0.717, 1.165) is 12.8 Å². The molecule has 1 atom stereocenters. The molecule has 0 aliphatic heterocycles. The maximum absolute atomic E-state index is 10.4. The van der Waals surface area contributed by atoms with Crippen LogP contribution in [0, 0.1) is 0 Å². The van der Waals surface area contributed by atoms with Crippen LogP contribution in [0.15, 0.2) is 24.3 Å². The first-order valence-corrected chi connectivity index (χ1v) is 4.80. The van der Waals surface area contributed by atoms with Gasteiger partial charge in [-0.1, -0.05) is 24.3 Å². The third-order valence-corrected chi connectivity index (χ3v) is 2.63. The van der Waals surface area contributed by atoms with Crippen molar-refractivity contribution in [2.24, 2.45) is 0 Å². The summed E-state index contributed by atoms with van der Waals surface area (Å²) in [6.45, 7) is 0.0407. The van der Waals surface area contributed by atoms with Gasteiger partial charge in [0.2, 0.25) is 0 Å². The van der Waals surface area contributed by atoms with Crippen LogP contribution in [0.3, 0.4) is 0 Å². The Balaban J connectivity index is 0.00000112. The predicted octanol–water partition coefficient (Wildman–Crippen LogP) is 0.700. The molecule has 1 aliphatic rings. The Morgan fingerprint density at radius 3 is 2.93 bits per heavy atom. The Morgan fingerprint density at radius 2 is 2.20 bits per heavy atom. The summed E-state index contributed by atoms with van der Waals surface area (Å²) in [5.74, 6) is -0.797. The number of carboxylic acids is 1. The topological polar surface area (TPSA) is 49.3 Å². The van der Waals surface area contributed by atoms with E-state index in [0.29, 0.717) is 0 Å². The third-order valence-electron chi connectivity index (χ3n) is 2.63. The number of rotatable bonds is 3. The van der Waals surface area contributed by atoms with Crippen molar-refractivity contribution in [2.75, 3.05) is 6.54 Å². The fraction of sp³-hybridized carbons (Fsp3) is 0.364. The summed E-state index contributed by atoms with van der Waals surface area (Å²) in [5.41, 5.74) is 2.60. The van der Waals surface area contributed by atoms with Crippen LogP contribution in [0.1, 0.15) is 23.6 Å². The van der Waals surface area contributed by atoms with Crippen LogP contribution < -0.4 is 5.32 Å². The molecule has 0 radical (unpaired) electrons. The van der Waals surface area contributed by atoms with Gasteiger partial charge in [-0.15, -0.1) is 0 Å². The summed E-state index contributed by atoms with van der Waals surface area (Å²) >= 11 is 0. The van der Waals surface area contributed by atoms with E-state index in [9.17, 15) is 4.79 Å². The third kappa shape index (κ3) is 3.05. The SMILES string of the molecule is O=C(O)CNC1CCc2ccccc21.[NaH]. The van der Waals surface area contributed by atoms with Crippen molar-refractivity contribution in [2.45, 2.75) is 18.9 Å². The number of hydrogen-bond donors (Lipinski definition) is 2. The fourth-order valence-corrected chi connectivity index (χ4v) is 1.98. The van der Waals surface area contributed by atoms with E-state index in [2.05, 4.69) is 17.4 Å². The molecule has 0 bridgehead atoms. The molecular weight excluding hydrogens is 201 g/mol. The average molecular weight is 215 g/mol. The Bertz CT molecular complexity index is 354. The van der Waals surface area contributed by atoms with Gasteiger partial charge < -0.3 is 10.4 Å². The molecular formula is C11H14NNaO2. The molecule has 0 saturated carbocycles. The summed E-state index contributed by atoms with van der Waals surface area (Å²) in [6.07, 6.45) is 2.06. The van der Waals surface area contributed by atoms with Crippen molar-refractivity contribution in [1.82, 2.24) is 5.32 Å². The molecule has 1 aliphatic carbocycles. The molecule has 2 rings (SSSR count). The summed E-state index contributed by atoms with van der Waals surface area (Å²) in [4.78, 5) is 10.4. The summed E-state index contributed by atoms with van der Waals surface area (Å²) in [6, 6.07) is 8.43. The van der Waals surface area contributed by atoms with Gasteiger partial charge >= 0.3 is 35.5 Å². The Morgan fingerprint density at radius 1 is 1.47 bits per heavy atom. The predicted molar refractivity (Wildman–Crippen MR) is 60.3 cm³/mol. The molecule has 0 fully saturated rings. The van der Waals surface area contributed by atoms with Crippen LogP contribution in [0.25, 0.3) is 0 Å². The Labute approximate surface area is 111 Å². The number of benzene rings is 1. The molecule has 15 heavy (non-hydrogen) atoms. The number of nitrogens with one attached hydrogen (secondary N) is 1. The molecule has 0 amide bonds. The number of aliphatic carboxylic acids is 1. The van der Waals surface area contributed by atoms with Gasteiger partial charge in [0.1, 0.15) is 0 Å². The molecule has 1 aromatic carbocycles. The molecule has 2 N–H and O–H groups in total. The molecule has 4 heteroatoms. The molecule has 1 unspecified atom stereocenters. The molecule has 0 heterocycles. The zero-order valence-electron chi connectivity index (χ0n) is 7.86. The van der Waals surface area contributed by atoms with E-state index in [4.69, 9.17) is 5.11 Å². The monoisotopic (exact) mass is 215 g/mol. The summed E-state index contributed by atoms with van der Waals surface area (Å²) in [7, 11) is 0. The van der Waals surface area contributed by atoms with E-state index in [1.165, 1.54) is 11.1 Å². The van der Waals surface area contributed by atoms with E-state index in [-0.39, 0.29) is 42.1 Å². The Hall–Kier alpha value is -0.350. The second-order valence-electron chi connectivity index (χ2n) is 3.56. The normalized spacial score (nSPS) is 18.0. The quantitative estimate of drug-likeness (QED) is 0.730. The second-order valence-corrected chi connectivity index (χ2v) is 3.56. The van der Waals surface area contributed by atoms with Crippen molar-refractivity contribution in [3.8, 4) is 0 Å². The van der Waals surface area contributed by atoms with E-state index in [1.807, 2.05) is 12.1 Å². The van der Waals surface area contributed by atoms with E-state index in [1.54, 1.807) is 0 Å².